The highest BCUT2D eigenvalue weighted by molar-refractivity contribution is 5.79. The third-order valence-corrected chi connectivity index (χ3v) is 4.92. The van der Waals surface area contributed by atoms with Crippen LogP contribution < -0.4 is 0 Å². The van der Waals surface area contributed by atoms with Gasteiger partial charge in [0.05, 0.1) is 6.04 Å². The second-order valence-corrected chi connectivity index (χ2v) is 6.52. The molecule has 0 N–H and O–H groups in total. The largest absolute Gasteiger partial charge is 0.339 e. The average molecular weight is 302 g/mol. The molecule has 0 bridgehead atoms. The fourth-order valence-corrected chi connectivity index (χ4v) is 3.45. The Bertz CT molecular complexity index is 563. The zero-order valence-corrected chi connectivity index (χ0v) is 13.7. The van der Waals surface area contributed by atoms with Crippen LogP contribution in [-0.4, -0.2) is 51.9 Å². The third kappa shape index (κ3) is 3.24. The first kappa shape index (κ1) is 15.3. The lowest BCUT2D eigenvalue weighted by Gasteiger charge is -2.39. The molecular weight excluding hydrogens is 276 g/mol. The Morgan fingerprint density at radius 2 is 2.18 bits per heavy atom. The molecule has 1 aliphatic carbocycles. The van der Waals surface area contributed by atoms with E-state index in [9.17, 15) is 4.79 Å². The van der Waals surface area contributed by atoms with Crippen LogP contribution in [0.1, 0.15) is 44.0 Å². The van der Waals surface area contributed by atoms with E-state index in [1.165, 1.54) is 18.4 Å². The lowest BCUT2D eigenvalue weighted by atomic mass is 9.96. The lowest BCUT2D eigenvalue weighted by molar-refractivity contribution is -0.133. The summed E-state index contributed by atoms with van der Waals surface area (Å²) >= 11 is 0. The molecule has 1 aromatic rings. The van der Waals surface area contributed by atoms with Gasteiger partial charge >= 0.3 is 0 Å². The van der Waals surface area contributed by atoms with Crippen LogP contribution >= 0.6 is 0 Å². The van der Waals surface area contributed by atoms with E-state index in [0.29, 0.717) is 6.42 Å². The van der Waals surface area contributed by atoms with Crippen molar-refractivity contribution in [2.75, 3.05) is 26.7 Å². The van der Waals surface area contributed by atoms with Crippen molar-refractivity contribution in [1.82, 2.24) is 19.4 Å². The summed E-state index contributed by atoms with van der Waals surface area (Å²) in [4.78, 5) is 21.4. The highest BCUT2D eigenvalue weighted by atomic mass is 16.2. The standard InChI is InChI=1S/C17H26N4O/c1-19-10-11-21(13-15(19)17-18-8-9-20(17)2)16(22)12-14-6-4-3-5-7-14/h6,8-9,15H,3-5,7,10-13H2,1-2H3. The Labute approximate surface area is 132 Å². The number of hydrogen-bond acceptors (Lipinski definition) is 3. The molecular formula is C17H26N4O. The van der Waals surface area contributed by atoms with E-state index in [-0.39, 0.29) is 11.9 Å². The van der Waals surface area contributed by atoms with Crippen molar-refractivity contribution in [1.29, 1.82) is 0 Å². The van der Waals surface area contributed by atoms with Gasteiger partial charge in [-0.3, -0.25) is 9.69 Å². The number of nitrogens with zero attached hydrogens (tertiary/aromatic N) is 4. The van der Waals surface area contributed by atoms with Crippen molar-refractivity contribution < 1.29 is 4.79 Å². The molecule has 0 radical (unpaired) electrons. The van der Waals surface area contributed by atoms with Crippen LogP contribution in [0, 0.1) is 0 Å². The number of carbonyl (C=O) groups excluding carboxylic acids is 1. The zero-order chi connectivity index (χ0) is 15.5. The van der Waals surface area contributed by atoms with E-state index >= 15 is 0 Å². The van der Waals surface area contributed by atoms with Gasteiger partial charge in [0.15, 0.2) is 0 Å². The van der Waals surface area contributed by atoms with Gasteiger partial charge in [-0.2, -0.15) is 0 Å². The molecule has 2 heterocycles. The highest BCUT2D eigenvalue weighted by Gasteiger charge is 2.30. The summed E-state index contributed by atoms with van der Waals surface area (Å²) in [7, 11) is 4.13. The summed E-state index contributed by atoms with van der Waals surface area (Å²) < 4.78 is 2.05. The van der Waals surface area contributed by atoms with Gasteiger partial charge in [-0.05, 0) is 32.7 Å². The fraction of sp³-hybridized carbons (Fsp3) is 0.647. The molecule has 1 fully saturated rings. The van der Waals surface area contributed by atoms with Crippen LogP contribution in [0.15, 0.2) is 24.0 Å². The molecule has 1 saturated heterocycles. The summed E-state index contributed by atoms with van der Waals surface area (Å²) in [5.74, 6) is 1.32. The minimum absolute atomic E-state index is 0.193. The molecule has 1 unspecified atom stereocenters. The van der Waals surface area contributed by atoms with Gasteiger partial charge in [-0.15, -0.1) is 0 Å². The number of likely N-dealkylation sites (N-methyl/N-ethyl adjacent to an activating group) is 1. The Hall–Kier alpha value is -1.62. The molecule has 3 rings (SSSR count). The average Bonchev–Trinajstić information content (AvgIpc) is 2.94. The summed E-state index contributed by atoms with van der Waals surface area (Å²) in [6.45, 7) is 2.47. The van der Waals surface area contributed by atoms with Crippen molar-refractivity contribution in [3.05, 3.63) is 29.9 Å². The maximum Gasteiger partial charge on any atom is 0.226 e. The highest BCUT2D eigenvalue weighted by Crippen LogP contribution is 2.25. The van der Waals surface area contributed by atoms with Crippen LogP contribution in [0.25, 0.3) is 0 Å². The van der Waals surface area contributed by atoms with E-state index in [4.69, 9.17) is 0 Å². The Morgan fingerprint density at radius 1 is 1.32 bits per heavy atom. The van der Waals surface area contributed by atoms with Crippen LogP contribution in [0.5, 0.6) is 0 Å². The first-order valence-electron chi connectivity index (χ1n) is 8.28. The van der Waals surface area contributed by atoms with Crippen LogP contribution in [0.3, 0.4) is 0 Å². The van der Waals surface area contributed by atoms with Crippen LogP contribution in [0.4, 0.5) is 0 Å². The Morgan fingerprint density at radius 3 is 2.86 bits per heavy atom. The van der Waals surface area contributed by atoms with Crippen molar-refractivity contribution in [3.63, 3.8) is 0 Å². The quantitative estimate of drug-likeness (QED) is 0.803. The van der Waals surface area contributed by atoms with Gasteiger partial charge in [-0.25, -0.2) is 4.98 Å². The van der Waals surface area contributed by atoms with E-state index in [1.807, 2.05) is 24.3 Å². The van der Waals surface area contributed by atoms with Gasteiger partial charge < -0.3 is 9.47 Å². The zero-order valence-electron chi connectivity index (χ0n) is 13.7. The van der Waals surface area contributed by atoms with Gasteiger partial charge in [0.25, 0.3) is 0 Å². The number of aryl methyl sites for hydroxylation is 1. The molecule has 5 heteroatoms. The molecule has 0 saturated carbocycles. The van der Waals surface area contributed by atoms with E-state index in [2.05, 4.69) is 27.6 Å². The predicted octanol–water partition coefficient (Wildman–Crippen LogP) is 2.13. The summed E-state index contributed by atoms with van der Waals surface area (Å²) in [6, 6.07) is 0.193. The number of aromatic nitrogens is 2. The van der Waals surface area contributed by atoms with Gasteiger partial charge in [0.1, 0.15) is 5.82 Å². The number of rotatable bonds is 3. The fourth-order valence-electron chi connectivity index (χ4n) is 3.45. The monoisotopic (exact) mass is 302 g/mol. The van der Waals surface area contributed by atoms with Crippen molar-refractivity contribution in [2.24, 2.45) is 7.05 Å². The normalized spacial score (nSPS) is 23.5. The smallest absolute Gasteiger partial charge is 0.226 e. The van der Waals surface area contributed by atoms with Crippen molar-refractivity contribution >= 4 is 5.91 Å². The van der Waals surface area contributed by atoms with Crippen molar-refractivity contribution in [3.8, 4) is 0 Å². The molecule has 5 nitrogen and oxygen atoms in total. The third-order valence-electron chi connectivity index (χ3n) is 4.92. The second kappa shape index (κ2) is 6.65. The van der Waals surface area contributed by atoms with E-state index < -0.39 is 0 Å². The van der Waals surface area contributed by atoms with Gasteiger partial charge in [0, 0.05) is 45.5 Å². The molecule has 1 aliphatic heterocycles. The van der Waals surface area contributed by atoms with Crippen LogP contribution in [-0.2, 0) is 11.8 Å². The number of allylic oxidation sites excluding steroid dienone is 1. The first-order valence-corrected chi connectivity index (χ1v) is 8.28. The second-order valence-electron chi connectivity index (χ2n) is 6.52. The maximum absolute atomic E-state index is 12.6. The Balaban J connectivity index is 1.66. The van der Waals surface area contributed by atoms with Gasteiger partial charge in [-0.1, -0.05) is 11.6 Å². The summed E-state index contributed by atoms with van der Waals surface area (Å²) in [5, 5.41) is 0. The minimum Gasteiger partial charge on any atom is -0.339 e. The van der Waals surface area contributed by atoms with Crippen molar-refractivity contribution in [2.45, 2.75) is 38.1 Å². The molecule has 22 heavy (non-hydrogen) atoms. The molecule has 2 aliphatic rings. The molecule has 1 aromatic heterocycles. The molecule has 120 valence electrons. The topological polar surface area (TPSA) is 41.4 Å². The SMILES string of the molecule is CN1CCN(C(=O)CC2=CCCCC2)CC1c1nccn1C. The maximum atomic E-state index is 12.6. The Kier molecular flexibility index (Phi) is 4.62. The summed E-state index contributed by atoms with van der Waals surface area (Å²) in [5.41, 5.74) is 1.34. The predicted molar refractivity (Wildman–Crippen MR) is 86.3 cm³/mol. The summed E-state index contributed by atoms with van der Waals surface area (Å²) in [6.07, 6.45) is 11.4. The number of carbonyl (C=O) groups is 1. The lowest BCUT2D eigenvalue weighted by Crippen LogP contribution is -2.49. The number of hydrogen-bond donors (Lipinski definition) is 0. The number of amides is 1. The van der Waals surface area contributed by atoms with Crippen LogP contribution in [0.2, 0.25) is 0 Å². The molecule has 0 aromatic carbocycles. The van der Waals surface area contributed by atoms with Gasteiger partial charge in [0.2, 0.25) is 5.91 Å². The number of piperazine rings is 1. The minimum atomic E-state index is 0.193. The number of imidazole rings is 1. The first-order chi connectivity index (χ1) is 10.6. The molecule has 1 amide bonds. The molecule has 0 spiro atoms. The van der Waals surface area contributed by atoms with E-state index in [1.54, 1.807) is 0 Å². The van der Waals surface area contributed by atoms with E-state index in [0.717, 1.165) is 38.3 Å². The molecule has 1 atom stereocenters.